The summed E-state index contributed by atoms with van der Waals surface area (Å²) < 4.78 is 16.9. The van der Waals surface area contributed by atoms with E-state index < -0.39 is 6.10 Å². The molecule has 64 heavy (non-hydrogen) atoms. The van der Waals surface area contributed by atoms with E-state index >= 15 is 0 Å². The van der Waals surface area contributed by atoms with Crippen LogP contribution in [0, 0.1) is 17.8 Å². The Labute approximate surface area is 399 Å². The highest BCUT2D eigenvalue weighted by molar-refractivity contribution is 5.71. The molecule has 0 aromatic rings. The maximum absolute atomic E-state index is 12.8. The topological polar surface area (TPSA) is 78.9 Å². The van der Waals surface area contributed by atoms with Crippen molar-refractivity contribution in [1.82, 2.24) is 0 Å². The molecule has 0 rings (SSSR count). The summed E-state index contributed by atoms with van der Waals surface area (Å²) >= 11 is 0. The van der Waals surface area contributed by atoms with Gasteiger partial charge in [-0.25, -0.2) is 0 Å². The molecule has 0 aromatic heterocycles. The van der Waals surface area contributed by atoms with Gasteiger partial charge in [0.25, 0.3) is 0 Å². The molecule has 6 heteroatoms. The predicted molar refractivity (Wildman–Crippen MR) is 275 cm³/mol. The van der Waals surface area contributed by atoms with Gasteiger partial charge in [-0.15, -0.1) is 0 Å². The summed E-state index contributed by atoms with van der Waals surface area (Å²) in [6, 6.07) is 0. The summed E-state index contributed by atoms with van der Waals surface area (Å²) in [5.74, 6) is 1.75. The number of carbonyl (C=O) groups is 3. The average molecular weight is 906 g/mol. The van der Waals surface area contributed by atoms with Crippen LogP contribution in [0.4, 0.5) is 0 Å². The minimum absolute atomic E-state index is 0.0645. The minimum Gasteiger partial charge on any atom is -0.462 e. The zero-order valence-corrected chi connectivity index (χ0v) is 44.1. The highest BCUT2D eigenvalue weighted by Crippen LogP contribution is 2.19. The quantitative estimate of drug-likeness (QED) is 0.0344. The summed E-state index contributed by atoms with van der Waals surface area (Å²) in [5.41, 5.74) is 0. The second-order valence-corrected chi connectivity index (χ2v) is 20.7. The number of hydrogen-bond acceptors (Lipinski definition) is 6. The predicted octanol–water partition coefficient (Wildman–Crippen LogP) is 18.7. The fourth-order valence-corrected chi connectivity index (χ4v) is 8.73. The lowest BCUT2D eigenvalue weighted by atomic mass is 9.99. The van der Waals surface area contributed by atoms with Crippen molar-refractivity contribution in [2.45, 2.75) is 324 Å². The van der Waals surface area contributed by atoms with E-state index in [9.17, 15) is 14.4 Å². The molecule has 0 saturated carbocycles. The smallest absolute Gasteiger partial charge is 0.306 e. The number of unbranched alkanes of at least 4 members (excludes halogenated alkanes) is 31. The van der Waals surface area contributed by atoms with E-state index in [1.54, 1.807) is 0 Å². The molecule has 380 valence electrons. The molecule has 0 fully saturated rings. The van der Waals surface area contributed by atoms with Crippen LogP contribution in [0.3, 0.4) is 0 Å². The Morgan fingerprint density at radius 1 is 0.297 bits per heavy atom. The van der Waals surface area contributed by atoms with Gasteiger partial charge >= 0.3 is 17.9 Å². The zero-order chi connectivity index (χ0) is 47.0. The van der Waals surface area contributed by atoms with Crippen molar-refractivity contribution in [3.63, 3.8) is 0 Å². The van der Waals surface area contributed by atoms with Gasteiger partial charge in [-0.05, 0) is 37.0 Å². The molecular weight excluding hydrogens is 793 g/mol. The van der Waals surface area contributed by atoms with Crippen LogP contribution in [0.1, 0.15) is 318 Å². The van der Waals surface area contributed by atoms with Gasteiger partial charge in [0.1, 0.15) is 13.2 Å². The minimum atomic E-state index is -0.764. The lowest BCUT2D eigenvalue weighted by Crippen LogP contribution is -2.30. The first-order valence-corrected chi connectivity index (χ1v) is 28.7. The molecule has 3 unspecified atom stereocenters. The number of carbonyl (C=O) groups excluding carboxylic acids is 3. The van der Waals surface area contributed by atoms with Crippen molar-refractivity contribution >= 4 is 17.9 Å². The van der Waals surface area contributed by atoms with Crippen LogP contribution in [-0.2, 0) is 28.6 Å². The Morgan fingerprint density at radius 2 is 0.500 bits per heavy atom. The van der Waals surface area contributed by atoms with Crippen molar-refractivity contribution in [3.05, 3.63) is 0 Å². The normalized spacial score (nSPS) is 13.4. The van der Waals surface area contributed by atoms with E-state index in [4.69, 9.17) is 14.2 Å². The molecule has 0 aromatic carbocycles. The molecule has 0 aliphatic heterocycles. The molecule has 0 amide bonds. The first-order valence-electron chi connectivity index (χ1n) is 28.7. The van der Waals surface area contributed by atoms with Crippen LogP contribution in [-0.4, -0.2) is 37.2 Å². The summed E-state index contributed by atoms with van der Waals surface area (Å²) in [6.07, 6.45) is 50.9. The maximum atomic E-state index is 12.8. The molecule has 0 spiro atoms. The van der Waals surface area contributed by atoms with Gasteiger partial charge in [-0.1, -0.05) is 279 Å². The summed E-state index contributed by atoms with van der Waals surface area (Å²) in [4.78, 5) is 38.1. The third-order valence-corrected chi connectivity index (χ3v) is 14.2. The van der Waals surface area contributed by atoms with Gasteiger partial charge < -0.3 is 14.2 Å². The van der Waals surface area contributed by atoms with Crippen molar-refractivity contribution in [2.24, 2.45) is 17.8 Å². The Morgan fingerprint density at radius 3 is 0.734 bits per heavy atom. The Kier molecular flexibility index (Phi) is 48.1. The molecule has 0 aliphatic carbocycles. The van der Waals surface area contributed by atoms with Crippen LogP contribution in [0.25, 0.3) is 0 Å². The van der Waals surface area contributed by atoms with Gasteiger partial charge in [0, 0.05) is 19.3 Å². The summed E-state index contributed by atoms with van der Waals surface area (Å²) in [5, 5.41) is 0. The van der Waals surface area contributed by atoms with Crippen molar-refractivity contribution in [2.75, 3.05) is 13.2 Å². The molecule has 6 nitrogen and oxygen atoms in total. The number of rotatable bonds is 51. The third kappa shape index (κ3) is 46.9. The van der Waals surface area contributed by atoms with Crippen molar-refractivity contribution in [1.29, 1.82) is 0 Å². The molecule has 0 bridgehead atoms. The maximum Gasteiger partial charge on any atom is 0.306 e. The lowest BCUT2D eigenvalue weighted by Gasteiger charge is -2.18. The van der Waals surface area contributed by atoms with E-state index in [2.05, 4.69) is 41.5 Å². The van der Waals surface area contributed by atoms with Crippen LogP contribution in [0.2, 0.25) is 0 Å². The zero-order valence-electron chi connectivity index (χ0n) is 44.1. The first kappa shape index (κ1) is 62.4. The highest BCUT2D eigenvalue weighted by atomic mass is 16.6. The van der Waals surface area contributed by atoms with Crippen LogP contribution >= 0.6 is 0 Å². The fraction of sp³-hybridized carbons (Fsp3) is 0.948. The highest BCUT2D eigenvalue weighted by Gasteiger charge is 2.19. The van der Waals surface area contributed by atoms with Gasteiger partial charge in [-0.2, -0.15) is 0 Å². The van der Waals surface area contributed by atoms with Crippen LogP contribution in [0.5, 0.6) is 0 Å². The van der Waals surface area contributed by atoms with Crippen molar-refractivity contribution < 1.29 is 28.6 Å². The van der Waals surface area contributed by atoms with E-state index in [1.807, 2.05) is 0 Å². The Balaban J connectivity index is 4.22. The van der Waals surface area contributed by atoms with Crippen LogP contribution in [0.15, 0.2) is 0 Å². The number of ether oxygens (including phenoxy) is 3. The van der Waals surface area contributed by atoms with Gasteiger partial charge in [0.05, 0.1) is 0 Å². The summed E-state index contributed by atoms with van der Waals surface area (Å²) in [6.45, 7) is 13.8. The molecule has 0 radical (unpaired) electrons. The Hall–Kier alpha value is -1.59. The van der Waals surface area contributed by atoms with Gasteiger partial charge in [0.2, 0.25) is 0 Å². The number of esters is 3. The SMILES string of the molecule is CCC(C)CCCCCCCCCCCCCCCCCCCCC(=O)OC[C@H](COC(=O)CCCCCCCCCCC(C)CC)OC(=O)CCCCCCCCCCC(C)CC. The molecular formula is C58H112O6. The fourth-order valence-electron chi connectivity index (χ4n) is 8.73. The summed E-state index contributed by atoms with van der Waals surface area (Å²) in [7, 11) is 0. The Bertz CT molecular complexity index is 997. The average Bonchev–Trinajstić information content (AvgIpc) is 3.29. The second kappa shape index (κ2) is 49.3. The number of hydrogen-bond donors (Lipinski definition) is 0. The van der Waals surface area contributed by atoms with E-state index in [0.717, 1.165) is 75.5 Å². The first-order chi connectivity index (χ1) is 31.2. The monoisotopic (exact) mass is 905 g/mol. The van der Waals surface area contributed by atoms with Crippen molar-refractivity contribution in [3.8, 4) is 0 Å². The standard InChI is InChI=1S/C58H112O6/c1-7-52(4)44-38-32-26-20-18-16-14-12-10-11-13-15-17-19-21-29-35-41-47-56(59)62-50-55(64-58(61)49-43-37-31-25-23-28-34-40-46-54(6)9-3)51-63-57(60)48-42-36-30-24-22-27-33-39-45-53(5)8-2/h52-55H,7-51H2,1-6H3/t52?,53?,54?,55-/m1/s1. The van der Waals surface area contributed by atoms with Gasteiger partial charge in [0.15, 0.2) is 6.10 Å². The van der Waals surface area contributed by atoms with Gasteiger partial charge in [-0.3, -0.25) is 14.4 Å². The lowest BCUT2D eigenvalue weighted by molar-refractivity contribution is -0.167. The van der Waals surface area contributed by atoms with E-state index in [1.165, 1.54) is 199 Å². The van der Waals surface area contributed by atoms with Crippen LogP contribution < -0.4 is 0 Å². The molecule has 0 heterocycles. The van der Waals surface area contributed by atoms with E-state index in [0.29, 0.717) is 19.3 Å². The molecule has 0 N–H and O–H groups in total. The molecule has 4 atom stereocenters. The third-order valence-electron chi connectivity index (χ3n) is 14.2. The molecule has 0 saturated heterocycles. The largest absolute Gasteiger partial charge is 0.462 e. The second-order valence-electron chi connectivity index (χ2n) is 20.7. The molecule has 0 aliphatic rings. The van der Waals surface area contributed by atoms with E-state index in [-0.39, 0.29) is 31.1 Å².